The van der Waals surface area contributed by atoms with E-state index in [1.807, 2.05) is 44.4 Å². The molecule has 9 heteroatoms. The number of carbonyl (C=O) groups is 3. The van der Waals surface area contributed by atoms with Crippen LogP contribution in [0.25, 0.3) is 0 Å². The average molecular weight is 555 g/mol. The maximum Gasteiger partial charge on any atom is 0.408 e. The number of nitrogen functional groups attached to an aromatic ring is 1. The highest BCUT2D eigenvalue weighted by Crippen LogP contribution is 2.30. The third-order valence-corrected chi connectivity index (χ3v) is 8.17. The Morgan fingerprint density at radius 3 is 2.31 bits per heavy atom. The van der Waals surface area contributed by atoms with Crippen molar-refractivity contribution in [2.45, 2.75) is 88.8 Å². The fourth-order valence-electron chi connectivity index (χ4n) is 4.63. The molecule has 0 spiro atoms. The Bertz CT molecular complexity index is 1160. The first kappa shape index (κ1) is 30.3. The maximum absolute atomic E-state index is 13.7. The maximum atomic E-state index is 13.7. The van der Waals surface area contributed by atoms with E-state index in [0.29, 0.717) is 5.69 Å². The molecule has 0 unspecified atom stereocenters. The van der Waals surface area contributed by atoms with Crippen molar-refractivity contribution >= 4 is 35.4 Å². The number of thioether (sulfide) groups is 1. The van der Waals surface area contributed by atoms with Gasteiger partial charge in [-0.15, -0.1) is 0 Å². The summed E-state index contributed by atoms with van der Waals surface area (Å²) in [5.74, 6) is -0.736. The van der Waals surface area contributed by atoms with Gasteiger partial charge in [-0.25, -0.2) is 4.79 Å². The standard InChI is InChI=1S/C30H42N4O4S/c1-29(2,3)38-28(37)34-25(30(4,5)39-6)27(36)33-24(18-19-14-16-21(31)17-15-19)26(35)32-23-13-9-11-20-10-7-8-12-22(20)23/h7-8,10,12,14-17,23-25H,9,11,13,18,31H2,1-6H3,(H,32,35)(H,33,36)(H,34,37)/t23-,24+,25-/m1/s1. The molecule has 0 saturated heterocycles. The zero-order chi connectivity index (χ0) is 28.8. The predicted octanol–water partition coefficient (Wildman–Crippen LogP) is 4.52. The van der Waals surface area contributed by atoms with Crippen molar-refractivity contribution in [1.29, 1.82) is 0 Å². The number of amides is 3. The first-order valence-corrected chi connectivity index (χ1v) is 14.6. The molecule has 3 amide bonds. The van der Waals surface area contributed by atoms with Gasteiger partial charge in [0.2, 0.25) is 11.8 Å². The molecule has 0 heterocycles. The summed E-state index contributed by atoms with van der Waals surface area (Å²) in [4.78, 5) is 40.1. The molecule has 1 aliphatic rings. The quantitative estimate of drug-likeness (QED) is 0.338. The Hall–Kier alpha value is -3.20. The Balaban J connectivity index is 1.85. The molecule has 3 atom stereocenters. The van der Waals surface area contributed by atoms with Crippen LogP contribution in [0.15, 0.2) is 48.5 Å². The summed E-state index contributed by atoms with van der Waals surface area (Å²) in [6, 6.07) is 13.4. The number of aryl methyl sites for hydroxylation is 1. The summed E-state index contributed by atoms with van der Waals surface area (Å²) in [7, 11) is 0. The van der Waals surface area contributed by atoms with Gasteiger partial charge in [0.05, 0.1) is 6.04 Å². The first-order valence-electron chi connectivity index (χ1n) is 13.4. The second kappa shape index (κ2) is 12.8. The molecule has 0 aliphatic heterocycles. The number of carbonyl (C=O) groups excluding carboxylic acids is 3. The van der Waals surface area contributed by atoms with Crippen molar-refractivity contribution < 1.29 is 19.1 Å². The monoisotopic (exact) mass is 554 g/mol. The second-order valence-corrected chi connectivity index (χ2v) is 13.0. The molecule has 0 bridgehead atoms. The fourth-order valence-corrected chi connectivity index (χ4v) is 5.03. The summed E-state index contributed by atoms with van der Waals surface area (Å²) in [5.41, 5.74) is 8.96. The first-order chi connectivity index (χ1) is 18.3. The SMILES string of the molecule is CSC(C)(C)[C@H](NC(=O)OC(C)(C)C)C(=O)N[C@@H](Cc1ccc(N)cc1)C(=O)N[C@@H]1CCCc2ccccc21. The number of alkyl carbamates (subject to hydrolysis) is 1. The minimum absolute atomic E-state index is 0.133. The van der Waals surface area contributed by atoms with Crippen molar-refractivity contribution in [1.82, 2.24) is 16.0 Å². The van der Waals surface area contributed by atoms with Gasteiger partial charge in [0.15, 0.2) is 0 Å². The summed E-state index contributed by atoms with van der Waals surface area (Å²) < 4.78 is 4.75. The van der Waals surface area contributed by atoms with Gasteiger partial charge in [-0.2, -0.15) is 11.8 Å². The van der Waals surface area contributed by atoms with Gasteiger partial charge in [-0.05, 0) is 89.0 Å². The van der Waals surface area contributed by atoms with Crippen molar-refractivity contribution in [2.75, 3.05) is 12.0 Å². The van der Waals surface area contributed by atoms with Crippen LogP contribution in [-0.4, -0.2) is 46.6 Å². The van der Waals surface area contributed by atoms with E-state index in [1.165, 1.54) is 17.3 Å². The van der Waals surface area contributed by atoms with Crippen LogP contribution in [0.5, 0.6) is 0 Å². The van der Waals surface area contributed by atoms with Crippen LogP contribution in [0.3, 0.4) is 0 Å². The van der Waals surface area contributed by atoms with Gasteiger partial charge in [0, 0.05) is 16.9 Å². The third-order valence-electron chi connectivity index (χ3n) is 6.88. The Morgan fingerprint density at radius 2 is 1.67 bits per heavy atom. The molecule has 5 N–H and O–H groups in total. The predicted molar refractivity (Wildman–Crippen MR) is 158 cm³/mol. The minimum atomic E-state index is -0.945. The molecule has 3 rings (SSSR count). The number of hydrogen-bond donors (Lipinski definition) is 4. The number of rotatable bonds is 9. The van der Waals surface area contributed by atoms with Gasteiger partial charge in [-0.1, -0.05) is 36.4 Å². The fraction of sp³-hybridized carbons (Fsp3) is 0.500. The lowest BCUT2D eigenvalue weighted by Gasteiger charge is -2.34. The van der Waals surface area contributed by atoms with Gasteiger partial charge in [-0.3, -0.25) is 9.59 Å². The zero-order valence-electron chi connectivity index (χ0n) is 23.8. The second-order valence-electron chi connectivity index (χ2n) is 11.5. The van der Waals surface area contributed by atoms with E-state index in [9.17, 15) is 14.4 Å². The number of nitrogens with one attached hydrogen (secondary N) is 3. The van der Waals surface area contributed by atoms with E-state index in [1.54, 1.807) is 32.9 Å². The lowest BCUT2D eigenvalue weighted by Crippen LogP contribution is -2.60. The van der Waals surface area contributed by atoms with Crippen LogP contribution in [0.2, 0.25) is 0 Å². The largest absolute Gasteiger partial charge is 0.444 e. The highest BCUT2D eigenvalue weighted by molar-refractivity contribution is 8.00. The molecule has 0 radical (unpaired) electrons. The molecule has 0 saturated carbocycles. The van der Waals surface area contributed by atoms with Crippen LogP contribution in [-0.2, 0) is 27.2 Å². The van der Waals surface area contributed by atoms with Crippen LogP contribution in [0, 0.1) is 0 Å². The summed E-state index contributed by atoms with van der Waals surface area (Å²) >= 11 is 1.44. The lowest BCUT2D eigenvalue weighted by atomic mass is 9.87. The molecule has 8 nitrogen and oxygen atoms in total. The van der Waals surface area contributed by atoms with Gasteiger partial charge in [0.1, 0.15) is 17.7 Å². The topological polar surface area (TPSA) is 123 Å². The normalized spacial score (nSPS) is 16.8. The average Bonchev–Trinajstić information content (AvgIpc) is 2.87. The van der Waals surface area contributed by atoms with E-state index in [0.717, 1.165) is 30.4 Å². The van der Waals surface area contributed by atoms with E-state index in [2.05, 4.69) is 28.1 Å². The van der Waals surface area contributed by atoms with Crippen molar-refractivity contribution in [3.63, 3.8) is 0 Å². The lowest BCUT2D eigenvalue weighted by molar-refractivity contribution is -0.130. The highest BCUT2D eigenvalue weighted by Gasteiger charge is 2.39. The molecule has 0 fully saturated rings. The minimum Gasteiger partial charge on any atom is -0.444 e. The summed E-state index contributed by atoms with van der Waals surface area (Å²) in [5, 5.41) is 8.85. The van der Waals surface area contributed by atoms with Gasteiger partial charge < -0.3 is 26.4 Å². The van der Waals surface area contributed by atoms with Crippen LogP contribution < -0.4 is 21.7 Å². The van der Waals surface area contributed by atoms with E-state index >= 15 is 0 Å². The molecule has 2 aromatic rings. The number of anilines is 1. The van der Waals surface area contributed by atoms with E-state index in [4.69, 9.17) is 10.5 Å². The molecule has 1 aliphatic carbocycles. The number of hydrogen-bond acceptors (Lipinski definition) is 6. The number of benzene rings is 2. The van der Waals surface area contributed by atoms with Crippen molar-refractivity contribution in [2.24, 2.45) is 0 Å². The Morgan fingerprint density at radius 1 is 1.00 bits per heavy atom. The highest BCUT2D eigenvalue weighted by atomic mass is 32.2. The molecular formula is C30H42N4O4S. The molecule has 39 heavy (non-hydrogen) atoms. The summed E-state index contributed by atoms with van der Waals surface area (Å²) in [6.07, 6.45) is 4.23. The Kier molecular flexibility index (Phi) is 9.93. The van der Waals surface area contributed by atoms with E-state index in [-0.39, 0.29) is 18.4 Å². The zero-order valence-corrected chi connectivity index (χ0v) is 24.6. The molecule has 212 valence electrons. The number of fused-ring (bicyclic) bond motifs is 1. The third kappa shape index (κ3) is 8.65. The van der Waals surface area contributed by atoms with E-state index < -0.39 is 34.4 Å². The molecule has 2 aromatic carbocycles. The van der Waals surface area contributed by atoms with Crippen LogP contribution in [0.1, 0.15) is 70.2 Å². The Labute approximate surface area is 236 Å². The summed E-state index contributed by atoms with van der Waals surface area (Å²) in [6.45, 7) is 9.02. The number of ether oxygens (including phenoxy) is 1. The molecular weight excluding hydrogens is 512 g/mol. The van der Waals surface area contributed by atoms with Gasteiger partial charge >= 0.3 is 6.09 Å². The van der Waals surface area contributed by atoms with Crippen LogP contribution >= 0.6 is 11.8 Å². The van der Waals surface area contributed by atoms with Crippen LogP contribution in [0.4, 0.5) is 10.5 Å². The van der Waals surface area contributed by atoms with Crippen molar-refractivity contribution in [3.8, 4) is 0 Å². The number of nitrogens with two attached hydrogens (primary N) is 1. The molecule has 0 aromatic heterocycles. The van der Waals surface area contributed by atoms with Crippen molar-refractivity contribution in [3.05, 3.63) is 65.2 Å². The smallest absolute Gasteiger partial charge is 0.408 e. The van der Waals surface area contributed by atoms with Gasteiger partial charge in [0.25, 0.3) is 0 Å².